The molecule has 1 aromatic rings. The molecule has 1 unspecified atom stereocenters. The minimum Gasteiger partial charge on any atom is -0.388 e. The van der Waals surface area contributed by atoms with E-state index in [1.807, 2.05) is 0 Å². The Bertz CT molecular complexity index is 488. The summed E-state index contributed by atoms with van der Waals surface area (Å²) in [7, 11) is 0. The Kier molecular flexibility index (Phi) is 2.84. The van der Waals surface area contributed by atoms with Gasteiger partial charge in [0.1, 0.15) is 0 Å². The van der Waals surface area contributed by atoms with Crippen LogP contribution in [0, 0.1) is 11.3 Å². The van der Waals surface area contributed by atoms with Gasteiger partial charge in [-0.05, 0) is 36.5 Å². The lowest BCUT2D eigenvalue weighted by atomic mass is 9.84. The van der Waals surface area contributed by atoms with Gasteiger partial charge in [0.15, 0.2) is 0 Å². The first-order valence-corrected chi connectivity index (χ1v) is 5.26. The summed E-state index contributed by atoms with van der Waals surface area (Å²) in [6.45, 7) is 0. The number of fused-ring (bicyclic) bond motifs is 1. The molecule has 0 amide bonds. The number of nitriles is 1. The van der Waals surface area contributed by atoms with E-state index in [0.717, 1.165) is 6.07 Å². The SMILES string of the molecule is N#Cc1ccc2c(c1C(F)(F)F)CCCC2O. The Balaban J connectivity index is 2.70. The van der Waals surface area contributed by atoms with Crippen molar-refractivity contribution < 1.29 is 18.3 Å². The molecule has 2 rings (SSSR count). The third kappa shape index (κ3) is 2.01. The van der Waals surface area contributed by atoms with E-state index in [1.165, 1.54) is 6.07 Å². The molecule has 0 fully saturated rings. The fraction of sp³-hybridized carbons (Fsp3) is 0.417. The predicted molar refractivity (Wildman–Crippen MR) is 54.1 cm³/mol. The summed E-state index contributed by atoms with van der Waals surface area (Å²) >= 11 is 0. The van der Waals surface area contributed by atoms with Crippen molar-refractivity contribution in [3.05, 3.63) is 34.4 Å². The van der Waals surface area contributed by atoms with Crippen LogP contribution in [0.15, 0.2) is 12.1 Å². The number of nitrogens with zero attached hydrogens (tertiary/aromatic N) is 1. The second-order valence-corrected chi connectivity index (χ2v) is 4.07. The monoisotopic (exact) mass is 241 g/mol. The van der Waals surface area contributed by atoms with Gasteiger partial charge >= 0.3 is 6.18 Å². The van der Waals surface area contributed by atoms with Crippen molar-refractivity contribution in [1.29, 1.82) is 5.26 Å². The van der Waals surface area contributed by atoms with E-state index in [-0.39, 0.29) is 17.5 Å². The molecule has 0 heterocycles. The maximum Gasteiger partial charge on any atom is 0.417 e. The molecule has 0 saturated carbocycles. The van der Waals surface area contributed by atoms with Crippen LogP contribution >= 0.6 is 0 Å². The highest BCUT2D eigenvalue weighted by atomic mass is 19.4. The number of aliphatic hydroxyl groups excluding tert-OH is 1. The number of rotatable bonds is 0. The zero-order valence-corrected chi connectivity index (χ0v) is 8.88. The Hall–Kier alpha value is -1.54. The van der Waals surface area contributed by atoms with Crippen molar-refractivity contribution in [2.24, 2.45) is 0 Å². The van der Waals surface area contributed by atoms with E-state index in [0.29, 0.717) is 18.4 Å². The smallest absolute Gasteiger partial charge is 0.388 e. The average molecular weight is 241 g/mol. The van der Waals surface area contributed by atoms with Gasteiger partial charge in [0.05, 0.1) is 23.3 Å². The minimum absolute atomic E-state index is 0.0790. The number of aliphatic hydroxyl groups is 1. The molecule has 0 aromatic heterocycles. The Morgan fingerprint density at radius 2 is 2.06 bits per heavy atom. The van der Waals surface area contributed by atoms with Crippen LogP contribution < -0.4 is 0 Å². The highest BCUT2D eigenvalue weighted by molar-refractivity contribution is 5.50. The zero-order chi connectivity index (χ0) is 12.6. The topological polar surface area (TPSA) is 44.0 Å². The highest BCUT2D eigenvalue weighted by Crippen LogP contribution is 2.41. The molecule has 0 spiro atoms. The third-order valence-electron chi connectivity index (χ3n) is 3.02. The van der Waals surface area contributed by atoms with Gasteiger partial charge in [-0.25, -0.2) is 0 Å². The molecule has 1 aliphatic rings. The van der Waals surface area contributed by atoms with Gasteiger partial charge in [-0.2, -0.15) is 18.4 Å². The molecular weight excluding hydrogens is 231 g/mol. The van der Waals surface area contributed by atoms with Crippen LogP contribution in [0.5, 0.6) is 0 Å². The second-order valence-electron chi connectivity index (χ2n) is 4.07. The van der Waals surface area contributed by atoms with E-state index in [2.05, 4.69) is 0 Å². The number of alkyl halides is 3. The highest BCUT2D eigenvalue weighted by Gasteiger charge is 2.38. The molecule has 90 valence electrons. The zero-order valence-electron chi connectivity index (χ0n) is 8.88. The van der Waals surface area contributed by atoms with E-state index >= 15 is 0 Å². The molecule has 1 N–H and O–H groups in total. The van der Waals surface area contributed by atoms with Crippen LogP contribution in [0.2, 0.25) is 0 Å². The van der Waals surface area contributed by atoms with Gasteiger partial charge in [-0.3, -0.25) is 0 Å². The molecule has 1 aliphatic carbocycles. The van der Waals surface area contributed by atoms with Crippen molar-refractivity contribution in [2.45, 2.75) is 31.5 Å². The number of halogens is 3. The molecule has 0 bridgehead atoms. The summed E-state index contributed by atoms with van der Waals surface area (Å²) in [4.78, 5) is 0. The molecule has 1 atom stereocenters. The summed E-state index contributed by atoms with van der Waals surface area (Å²) in [5.74, 6) is 0. The van der Waals surface area contributed by atoms with E-state index in [4.69, 9.17) is 5.26 Å². The first-order chi connectivity index (χ1) is 7.95. The summed E-state index contributed by atoms with van der Waals surface area (Å²) in [5, 5.41) is 18.4. The van der Waals surface area contributed by atoms with Gasteiger partial charge in [0.2, 0.25) is 0 Å². The first kappa shape index (κ1) is 11.9. The largest absolute Gasteiger partial charge is 0.417 e. The van der Waals surface area contributed by atoms with Crippen LogP contribution in [-0.4, -0.2) is 5.11 Å². The normalized spacial score (nSPS) is 19.6. The Morgan fingerprint density at radius 1 is 1.35 bits per heavy atom. The van der Waals surface area contributed by atoms with E-state index in [9.17, 15) is 18.3 Å². The van der Waals surface area contributed by atoms with Crippen molar-refractivity contribution in [2.75, 3.05) is 0 Å². The Morgan fingerprint density at radius 3 is 2.65 bits per heavy atom. The minimum atomic E-state index is -4.55. The first-order valence-electron chi connectivity index (χ1n) is 5.26. The van der Waals surface area contributed by atoms with Crippen LogP contribution in [0.4, 0.5) is 13.2 Å². The Labute approximate surface area is 96.3 Å². The standard InChI is InChI=1S/C12H10F3NO/c13-12(14,15)11-7(6-16)4-5-8-9(11)2-1-3-10(8)17/h4-5,10,17H,1-3H2. The van der Waals surface area contributed by atoms with Gasteiger partial charge in [0.25, 0.3) is 0 Å². The summed E-state index contributed by atoms with van der Waals surface area (Å²) in [5.41, 5.74) is -0.862. The molecule has 0 radical (unpaired) electrons. The van der Waals surface area contributed by atoms with Gasteiger partial charge in [-0.1, -0.05) is 6.07 Å². The number of hydrogen-bond acceptors (Lipinski definition) is 2. The maximum absolute atomic E-state index is 12.9. The molecule has 17 heavy (non-hydrogen) atoms. The van der Waals surface area contributed by atoms with Crippen molar-refractivity contribution in [1.82, 2.24) is 0 Å². The van der Waals surface area contributed by atoms with E-state index in [1.54, 1.807) is 6.07 Å². The molecular formula is C12H10F3NO. The predicted octanol–water partition coefficient (Wildman–Crippen LogP) is 2.95. The quantitative estimate of drug-likeness (QED) is 0.758. The summed E-state index contributed by atoms with van der Waals surface area (Å²) < 4.78 is 38.8. The van der Waals surface area contributed by atoms with E-state index < -0.39 is 17.8 Å². The van der Waals surface area contributed by atoms with Crippen LogP contribution in [0.3, 0.4) is 0 Å². The number of hydrogen-bond donors (Lipinski definition) is 1. The van der Waals surface area contributed by atoms with Crippen molar-refractivity contribution >= 4 is 0 Å². The molecule has 0 saturated heterocycles. The van der Waals surface area contributed by atoms with Crippen molar-refractivity contribution in [3.63, 3.8) is 0 Å². The fourth-order valence-electron chi connectivity index (χ4n) is 2.29. The fourth-order valence-corrected chi connectivity index (χ4v) is 2.29. The van der Waals surface area contributed by atoms with Gasteiger partial charge in [0, 0.05) is 0 Å². The maximum atomic E-state index is 12.9. The average Bonchev–Trinajstić information content (AvgIpc) is 2.26. The third-order valence-corrected chi connectivity index (χ3v) is 3.02. The second kappa shape index (κ2) is 4.04. The molecule has 5 heteroatoms. The lowest BCUT2D eigenvalue weighted by Crippen LogP contribution is -2.18. The molecule has 2 nitrogen and oxygen atoms in total. The van der Waals surface area contributed by atoms with Crippen LogP contribution in [0.1, 0.15) is 41.2 Å². The number of benzene rings is 1. The summed E-state index contributed by atoms with van der Waals surface area (Å²) in [6, 6.07) is 4.12. The lowest BCUT2D eigenvalue weighted by Gasteiger charge is -2.25. The van der Waals surface area contributed by atoms with Crippen molar-refractivity contribution in [3.8, 4) is 6.07 Å². The van der Waals surface area contributed by atoms with Crippen LogP contribution in [0.25, 0.3) is 0 Å². The summed E-state index contributed by atoms with van der Waals surface area (Å²) in [6.07, 6.45) is -4.17. The van der Waals surface area contributed by atoms with Crippen LogP contribution in [-0.2, 0) is 12.6 Å². The van der Waals surface area contributed by atoms with Gasteiger partial charge < -0.3 is 5.11 Å². The molecule has 1 aromatic carbocycles. The lowest BCUT2D eigenvalue weighted by molar-refractivity contribution is -0.138. The molecule has 0 aliphatic heterocycles. The van der Waals surface area contributed by atoms with Gasteiger partial charge in [-0.15, -0.1) is 0 Å².